The summed E-state index contributed by atoms with van der Waals surface area (Å²) in [6.45, 7) is 2.06. The number of nitrogens with zero attached hydrogens (tertiary/aromatic N) is 2. The van der Waals surface area contributed by atoms with Gasteiger partial charge >= 0.3 is 0 Å². The van der Waals surface area contributed by atoms with Gasteiger partial charge in [0.1, 0.15) is 5.82 Å². The van der Waals surface area contributed by atoms with Crippen LogP contribution in [0, 0.1) is 0 Å². The minimum Gasteiger partial charge on any atom is -0.241 e. The van der Waals surface area contributed by atoms with Gasteiger partial charge in [-0.05, 0) is 24.1 Å². The first-order valence-electron chi connectivity index (χ1n) is 5.97. The van der Waals surface area contributed by atoms with E-state index in [9.17, 15) is 0 Å². The molecule has 0 radical (unpaired) electrons. The Labute approximate surface area is 127 Å². The van der Waals surface area contributed by atoms with Crippen molar-refractivity contribution in [3.05, 3.63) is 57.1 Å². The summed E-state index contributed by atoms with van der Waals surface area (Å²) >= 11 is 17.7. The number of benzene rings is 1. The van der Waals surface area contributed by atoms with E-state index in [-0.39, 0.29) is 0 Å². The quantitative estimate of drug-likeness (QED) is 0.766. The Morgan fingerprint density at radius 2 is 1.95 bits per heavy atom. The smallest absolute Gasteiger partial charge is 0.132 e. The summed E-state index contributed by atoms with van der Waals surface area (Å²) in [6, 6.07) is 5.56. The fraction of sp³-hybridized carbons (Fsp3) is 0.286. The van der Waals surface area contributed by atoms with Gasteiger partial charge in [-0.3, -0.25) is 0 Å². The average molecular weight is 316 g/mol. The van der Waals surface area contributed by atoms with Crippen molar-refractivity contribution in [1.29, 1.82) is 0 Å². The molecule has 0 aliphatic heterocycles. The molecule has 2 rings (SSSR count). The molecule has 0 saturated heterocycles. The molecule has 0 amide bonds. The third-order valence-corrected chi connectivity index (χ3v) is 3.86. The van der Waals surface area contributed by atoms with Crippen molar-refractivity contribution in [3.63, 3.8) is 0 Å². The summed E-state index contributed by atoms with van der Waals surface area (Å²) in [5, 5.41) is 1.10. The van der Waals surface area contributed by atoms with Crippen LogP contribution in [0.1, 0.15) is 29.6 Å². The molecule has 1 heterocycles. The van der Waals surface area contributed by atoms with Crippen molar-refractivity contribution in [1.82, 2.24) is 9.97 Å². The second kappa shape index (κ2) is 6.56. The Hall–Kier alpha value is -0.830. The standard InChI is InChI=1S/C14H13Cl3N2/c1-2-13-10(7-15)8-18-14(19-13)6-9-3-4-11(16)12(17)5-9/h3-5,8H,2,6-7H2,1H3. The molecule has 19 heavy (non-hydrogen) atoms. The molecule has 0 N–H and O–H groups in total. The molecule has 2 nitrogen and oxygen atoms in total. The Kier molecular flexibility index (Phi) is 5.03. The lowest BCUT2D eigenvalue weighted by Crippen LogP contribution is -2.03. The van der Waals surface area contributed by atoms with Gasteiger partial charge in [0.2, 0.25) is 0 Å². The molecule has 0 spiro atoms. The minimum absolute atomic E-state index is 0.441. The van der Waals surface area contributed by atoms with Gasteiger partial charge in [0.05, 0.1) is 15.9 Å². The zero-order valence-electron chi connectivity index (χ0n) is 10.5. The van der Waals surface area contributed by atoms with Crippen LogP contribution in [0.4, 0.5) is 0 Å². The van der Waals surface area contributed by atoms with Crippen molar-refractivity contribution in [2.75, 3.05) is 0 Å². The van der Waals surface area contributed by atoms with Crippen LogP contribution in [0.2, 0.25) is 10.0 Å². The molecular weight excluding hydrogens is 303 g/mol. The van der Waals surface area contributed by atoms with Gasteiger partial charge in [0.15, 0.2) is 0 Å². The van der Waals surface area contributed by atoms with Gasteiger partial charge in [-0.25, -0.2) is 9.97 Å². The second-order valence-corrected chi connectivity index (χ2v) is 5.25. The predicted octanol–water partition coefficient (Wildman–Crippen LogP) is 4.68. The van der Waals surface area contributed by atoms with E-state index < -0.39 is 0 Å². The number of rotatable bonds is 4. The van der Waals surface area contributed by atoms with E-state index in [4.69, 9.17) is 34.8 Å². The van der Waals surface area contributed by atoms with Crippen molar-refractivity contribution >= 4 is 34.8 Å². The molecule has 0 fully saturated rings. The number of hydrogen-bond donors (Lipinski definition) is 0. The first-order chi connectivity index (χ1) is 9.13. The fourth-order valence-electron chi connectivity index (χ4n) is 1.82. The van der Waals surface area contributed by atoms with Crippen LogP contribution in [0.5, 0.6) is 0 Å². The van der Waals surface area contributed by atoms with Crippen LogP contribution in [-0.4, -0.2) is 9.97 Å². The number of aryl methyl sites for hydroxylation is 1. The topological polar surface area (TPSA) is 25.8 Å². The number of aromatic nitrogens is 2. The van der Waals surface area contributed by atoms with E-state index in [0.29, 0.717) is 22.3 Å². The monoisotopic (exact) mass is 314 g/mol. The average Bonchev–Trinajstić information content (AvgIpc) is 2.43. The van der Waals surface area contributed by atoms with Gasteiger partial charge < -0.3 is 0 Å². The van der Waals surface area contributed by atoms with E-state index in [0.717, 1.165) is 29.1 Å². The zero-order valence-corrected chi connectivity index (χ0v) is 12.7. The second-order valence-electron chi connectivity index (χ2n) is 4.17. The maximum atomic E-state index is 6.00. The lowest BCUT2D eigenvalue weighted by molar-refractivity contribution is 0.884. The van der Waals surface area contributed by atoms with Gasteiger partial charge in [-0.15, -0.1) is 11.6 Å². The third-order valence-electron chi connectivity index (χ3n) is 2.83. The highest BCUT2D eigenvalue weighted by Crippen LogP contribution is 2.23. The van der Waals surface area contributed by atoms with E-state index in [1.54, 1.807) is 12.3 Å². The Balaban J connectivity index is 2.25. The first kappa shape index (κ1) is 14.6. The predicted molar refractivity (Wildman–Crippen MR) is 80.2 cm³/mol. The molecule has 1 aromatic carbocycles. The van der Waals surface area contributed by atoms with Crippen LogP contribution < -0.4 is 0 Å². The Morgan fingerprint density at radius 1 is 1.16 bits per heavy atom. The number of hydrogen-bond acceptors (Lipinski definition) is 2. The molecule has 0 atom stereocenters. The minimum atomic E-state index is 0.441. The molecule has 0 bridgehead atoms. The lowest BCUT2D eigenvalue weighted by atomic mass is 10.1. The highest BCUT2D eigenvalue weighted by atomic mass is 35.5. The van der Waals surface area contributed by atoms with Crippen molar-refractivity contribution in [2.45, 2.75) is 25.6 Å². The molecule has 2 aromatic rings. The zero-order chi connectivity index (χ0) is 13.8. The SMILES string of the molecule is CCc1nc(Cc2ccc(Cl)c(Cl)c2)ncc1CCl. The molecule has 0 aliphatic rings. The Bertz CT molecular complexity index is 585. The Morgan fingerprint density at radius 3 is 2.58 bits per heavy atom. The van der Waals surface area contributed by atoms with E-state index in [1.807, 2.05) is 12.1 Å². The van der Waals surface area contributed by atoms with Gasteiger partial charge in [-0.1, -0.05) is 36.2 Å². The van der Waals surface area contributed by atoms with Crippen LogP contribution in [0.3, 0.4) is 0 Å². The highest BCUT2D eigenvalue weighted by molar-refractivity contribution is 6.42. The highest BCUT2D eigenvalue weighted by Gasteiger charge is 2.07. The molecule has 100 valence electrons. The molecule has 0 aliphatic carbocycles. The lowest BCUT2D eigenvalue weighted by Gasteiger charge is -2.07. The summed E-state index contributed by atoms with van der Waals surface area (Å²) in [5.41, 5.74) is 3.03. The summed E-state index contributed by atoms with van der Waals surface area (Å²) in [7, 11) is 0. The van der Waals surface area contributed by atoms with E-state index in [2.05, 4.69) is 16.9 Å². The summed E-state index contributed by atoms with van der Waals surface area (Å²) < 4.78 is 0. The molecular formula is C14H13Cl3N2. The third kappa shape index (κ3) is 3.59. The van der Waals surface area contributed by atoms with Crippen LogP contribution in [0.15, 0.2) is 24.4 Å². The summed E-state index contributed by atoms with van der Waals surface area (Å²) in [5.74, 6) is 1.21. The number of alkyl halides is 1. The molecule has 0 saturated carbocycles. The van der Waals surface area contributed by atoms with Crippen LogP contribution in [0.25, 0.3) is 0 Å². The van der Waals surface area contributed by atoms with Crippen molar-refractivity contribution in [2.24, 2.45) is 0 Å². The van der Waals surface area contributed by atoms with Crippen LogP contribution >= 0.6 is 34.8 Å². The van der Waals surface area contributed by atoms with Gasteiger partial charge in [0.25, 0.3) is 0 Å². The maximum Gasteiger partial charge on any atom is 0.132 e. The van der Waals surface area contributed by atoms with E-state index >= 15 is 0 Å². The largest absolute Gasteiger partial charge is 0.241 e. The molecule has 0 unspecified atom stereocenters. The normalized spacial score (nSPS) is 10.7. The fourth-order valence-corrected chi connectivity index (χ4v) is 2.36. The molecule has 1 aromatic heterocycles. The van der Waals surface area contributed by atoms with Crippen LogP contribution in [-0.2, 0) is 18.7 Å². The van der Waals surface area contributed by atoms with Crippen molar-refractivity contribution in [3.8, 4) is 0 Å². The first-order valence-corrected chi connectivity index (χ1v) is 7.26. The maximum absolute atomic E-state index is 6.00. The van der Waals surface area contributed by atoms with Gasteiger partial charge in [0, 0.05) is 23.9 Å². The molecule has 5 heteroatoms. The van der Waals surface area contributed by atoms with E-state index in [1.165, 1.54) is 0 Å². The van der Waals surface area contributed by atoms with Crippen molar-refractivity contribution < 1.29 is 0 Å². The summed E-state index contributed by atoms with van der Waals surface area (Å²) in [6.07, 6.45) is 3.27. The van der Waals surface area contributed by atoms with Gasteiger partial charge in [-0.2, -0.15) is 0 Å². The summed E-state index contributed by atoms with van der Waals surface area (Å²) in [4.78, 5) is 8.87. The number of halogens is 3.